The van der Waals surface area contributed by atoms with Gasteiger partial charge in [-0.1, -0.05) is 12.1 Å². The molecule has 6 heteroatoms. The Labute approximate surface area is 145 Å². The molecule has 1 fully saturated rings. The standard InChI is InChI=1S/C19H21FN2O3/c20-15-5-3-14(4-6-15)13-21-17(23)7-9-19(10-8-18(24)22-19)12-16-2-1-11-25-16/h1-6,11H,7-10,12-13H2,(H,21,23)(H,22,24)/t19-/m1/s1. The van der Waals surface area contributed by atoms with E-state index in [-0.39, 0.29) is 17.6 Å². The summed E-state index contributed by atoms with van der Waals surface area (Å²) in [5.74, 6) is 0.420. The Balaban J connectivity index is 1.53. The van der Waals surface area contributed by atoms with Gasteiger partial charge >= 0.3 is 0 Å². The topological polar surface area (TPSA) is 71.3 Å². The molecule has 0 spiro atoms. The molecule has 2 aromatic rings. The number of hydrogen-bond donors (Lipinski definition) is 2. The molecule has 2 N–H and O–H groups in total. The quantitative estimate of drug-likeness (QED) is 0.811. The number of carbonyl (C=O) groups is 2. The molecular weight excluding hydrogens is 323 g/mol. The molecule has 2 amide bonds. The number of rotatable bonds is 7. The fourth-order valence-electron chi connectivity index (χ4n) is 3.17. The van der Waals surface area contributed by atoms with Gasteiger partial charge in [0.05, 0.1) is 6.26 Å². The minimum Gasteiger partial charge on any atom is -0.469 e. The Hall–Kier alpha value is -2.63. The van der Waals surface area contributed by atoms with Crippen LogP contribution in [0.15, 0.2) is 47.1 Å². The second-order valence-corrected chi connectivity index (χ2v) is 6.49. The Morgan fingerprint density at radius 1 is 1.28 bits per heavy atom. The number of carbonyl (C=O) groups excluding carboxylic acids is 2. The highest BCUT2D eigenvalue weighted by Crippen LogP contribution is 2.29. The molecule has 0 radical (unpaired) electrons. The Bertz CT molecular complexity index is 728. The number of halogens is 1. The second kappa shape index (κ2) is 7.51. The van der Waals surface area contributed by atoms with E-state index >= 15 is 0 Å². The molecule has 25 heavy (non-hydrogen) atoms. The lowest BCUT2D eigenvalue weighted by atomic mass is 9.87. The summed E-state index contributed by atoms with van der Waals surface area (Å²) in [5, 5.41) is 5.85. The van der Waals surface area contributed by atoms with E-state index in [0.717, 1.165) is 11.3 Å². The van der Waals surface area contributed by atoms with Crippen molar-refractivity contribution in [3.05, 3.63) is 59.8 Å². The van der Waals surface area contributed by atoms with Crippen molar-refractivity contribution < 1.29 is 18.4 Å². The molecule has 1 atom stereocenters. The lowest BCUT2D eigenvalue weighted by Crippen LogP contribution is -2.44. The lowest BCUT2D eigenvalue weighted by Gasteiger charge is -2.28. The minimum absolute atomic E-state index is 0.0123. The summed E-state index contributed by atoms with van der Waals surface area (Å²) in [4.78, 5) is 23.8. The van der Waals surface area contributed by atoms with Crippen LogP contribution in [0.5, 0.6) is 0 Å². The van der Waals surface area contributed by atoms with Crippen molar-refractivity contribution in [1.82, 2.24) is 10.6 Å². The highest BCUT2D eigenvalue weighted by atomic mass is 19.1. The molecule has 1 aromatic carbocycles. The van der Waals surface area contributed by atoms with Crippen molar-refractivity contribution in [2.75, 3.05) is 0 Å². The smallest absolute Gasteiger partial charge is 0.220 e. The molecule has 3 rings (SSSR count). The molecule has 0 bridgehead atoms. The van der Waals surface area contributed by atoms with Crippen molar-refractivity contribution in [2.45, 2.75) is 44.2 Å². The van der Waals surface area contributed by atoms with E-state index < -0.39 is 5.54 Å². The number of amides is 2. The average Bonchev–Trinajstić information content (AvgIpc) is 3.23. The molecule has 1 saturated heterocycles. The van der Waals surface area contributed by atoms with Crippen LogP contribution in [0.1, 0.15) is 37.0 Å². The Morgan fingerprint density at radius 3 is 2.72 bits per heavy atom. The zero-order chi connectivity index (χ0) is 17.7. The number of benzene rings is 1. The first-order chi connectivity index (χ1) is 12.0. The van der Waals surface area contributed by atoms with Gasteiger partial charge in [0.1, 0.15) is 11.6 Å². The van der Waals surface area contributed by atoms with E-state index in [0.29, 0.717) is 38.6 Å². The van der Waals surface area contributed by atoms with Gasteiger partial charge in [-0.3, -0.25) is 9.59 Å². The van der Waals surface area contributed by atoms with E-state index in [2.05, 4.69) is 10.6 Å². The maximum absolute atomic E-state index is 12.9. The zero-order valence-electron chi connectivity index (χ0n) is 13.9. The van der Waals surface area contributed by atoms with Gasteiger partial charge in [0.15, 0.2) is 0 Å². The largest absolute Gasteiger partial charge is 0.469 e. The summed E-state index contributed by atoms with van der Waals surface area (Å²) in [7, 11) is 0. The van der Waals surface area contributed by atoms with Crippen LogP contribution in [0.3, 0.4) is 0 Å². The molecule has 0 aliphatic carbocycles. The van der Waals surface area contributed by atoms with Crippen molar-refractivity contribution in [2.24, 2.45) is 0 Å². The molecule has 1 aliphatic heterocycles. The van der Waals surface area contributed by atoms with Crippen molar-refractivity contribution >= 4 is 11.8 Å². The Morgan fingerprint density at radius 2 is 2.08 bits per heavy atom. The fraction of sp³-hybridized carbons (Fsp3) is 0.368. The maximum Gasteiger partial charge on any atom is 0.220 e. The highest BCUT2D eigenvalue weighted by molar-refractivity contribution is 5.80. The van der Waals surface area contributed by atoms with Crippen LogP contribution in [0.4, 0.5) is 4.39 Å². The molecule has 1 aliphatic rings. The normalized spacial score (nSPS) is 19.6. The zero-order valence-corrected chi connectivity index (χ0v) is 13.9. The highest BCUT2D eigenvalue weighted by Gasteiger charge is 2.38. The van der Waals surface area contributed by atoms with Crippen molar-refractivity contribution in [3.8, 4) is 0 Å². The van der Waals surface area contributed by atoms with Crippen molar-refractivity contribution in [3.63, 3.8) is 0 Å². The molecule has 2 heterocycles. The van der Waals surface area contributed by atoms with Gasteiger partial charge in [-0.05, 0) is 42.7 Å². The summed E-state index contributed by atoms with van der Waals surface area (Å²) in [6.45, 7) is 0.358. The summed E-state index contributed by atoms with van der Waals surface area (Å²) in [6, 6.07) is 9.72. The van der Waals surface area contributed by atoms with E-state index in [1.807, 2.05) is 12.1 Å². The van der Waals surface area contributed by atoms with Crippen LogP contribution < -0.4 is 10.6 Å². The van der Waals surface area contributed by atoms with Crippen LogP contribution in [0, 0.1) is 5.82 Å². The number of hydrogen-bond acceptors (Lipinski definition) is 3. The van der Waals surface area contributed by atoms with E-state index in [4.69, 9.17) is 4.42 Å². The Kier molecular flexibility index (Phi) is 5.16. The monoisotopic (exact) mass is 344 g/mol. The number of furan rings is 1. The van der Waals surface area contributed by atoms with Gasteiger partial charge in [0.2, 0.25) is 11.8 Å². The first-order valence-electron chi connectivity index (χ1n) is 8.39. The summed E-state index contributed by atoms with van der Waals surface area (Å²) in [5.41, 5.74) is 0.413. The summed E-state index contributed by atoms with van der Waals surface area (Å²) >= 11 is 0. The molecule has 0 unspecified atom stereocenters. The van der Waals surface area contributed by atoms with Crippen LogP contribution in [-0.4, -0.2) is 17.4 Å². The van der Waals surface area contributed by atoms with Crippen LogP contribution in [-0.2, 0) is 22.6 Å². The fourth-order valence-corrected chi connectivity index (χ4v) is 3.17. The average molecular weight is 344 g/mol. The van der Waals surface area contributed by atoms with Gasteiger partial charge in [0.25, 0.3) is 0 Å². The van der Waals surface area contributed by atoms with E-state index in [9.17, 15) is 14.0 Å². The SMILES string of the molecule is O=C(CC[C@]1(Cc2ccco2)CCC(=O)N1)NCc1ccc(F)cc1. The number of nitrogens with one attached hydrogen (secondary N) is 2. The summed E-state index contributed by atoms with van der Waals surface area (Å²) in [6.07, 6.45) is 4.21. The molecule has 0 saturated carbocycles. The predicted octanol–water partition coefficient (Wildman–Crippen LogP) is 2.71. The first-order valence-corrected chi connectivity index (χ1v) is 8.39. The van der Waals surface area contributed by atoms with E-state index in [1.165, 1.54) is 12.1 Å². The van der Waals surface area contributed by atoms with Gasteiger partial charge in [0, 0.05) is 31.3 Å². The van der Waals surface area contributed by atoms with Crippen LogP contribution in [0.25, 0.3) is 0 Å². The van der Waals surface area contributed by atoms with Crippen molar-refractivity contribution in [1.29, 1.82) is 0 Å². The van der Waals surface area contributed by atoms with Gasteiger partial charge in [-0.25, -0.2) is 4.39 Å². The third-order valence-corrected chi connectivity index (χ3v) is 4.56. The minimum atomic E-state index is -0.428. The van der Waals surface area contributed by atoms with Crippen LogP contribution >= 0.6 is 0 Å². The summed E-state index contributed by atoms with van der Waals surface area (Å²) < 4.78 is 18.3. The lowest BCUT2D eigenvalue weighted by molar-refractivity contribution is -0.122. The van der Waals surface area contributed by atoms with Crippen LogP contribution in [0.2, 0.25) is 0 Å². The first kappa shape index (κ1) is 17.2. The predicted molar refractivity (Wildman–Crippen MR) is 90.0 cm³/mol. The second-order valence-electron chi connectivity index (χ2n) is 6.49. The third-order valence-electron chi connectivity index (χ3n) is 4.56. The van der Waals surface area contributed by atoms with Gasteiger partial charge in [-0.15, -0.1) is 0 Å². The molecular formula is C19H21FN2O3. The van der Waals surface area contributed by atoms with Gasteiger partial charge < -0.3 is 15.1 Å². The van der Waals surface area contributed by atoms with Gasteiger partial charge in [-0.2, -0.15) is 0 Å². The molecule has 5 nitrogen and oxygen atoms in total. The molecule has 132 valence electrons. The maximum atomic E-state index is 12.9. The van der Waals surface area contributed by atoms with E-state index in [1.54, 1.807) is 18.4 Å². The third kappa shape index (κ3) is 4.68. The molecule has 1 aromatic heterocycles.